The van der Waals surface area contributed by atoms with Crippen LogP contribution in [0.3, 0.4) is 0 Å². The SMILES string of the molecule is CCCNC(CCN1CCN(C2CC2)CC1)C(N)=O. The summed E-state index contributed by atoms with van der Waals surface area (Å²) in [7, 11) is 0. The minimum absolute atomic E-state index is 0.165. The molecule has 1 heterocycles. The Morgan fingerprint density at radius 3 is 2.53 bits per heavy atom. The predicted molar refractivity (Wildman–Crippen MR) is 76.9 cm³/mol. The second-order valence-electron chi connectivity index (χ2n) is 5.81. The topological polar surface area (TPSA) is 61.6 Å². The summed E-state index contributed by atoms with van der Waals surface area (Å²) in [6, 6.07) is 0.716. The molecule has 1 atom stereocenters. The Balaban J connectivity index is 1.64. The monoisotopic (exact) mass is 268 g/mol. The number of rotatable bonds is 8. The summed E-state index contributed by atoms with van der Waals surface area (Å²) in [5.74, 6) is -0.218. The molecule has 3 N–H and O–H groups in total. The van der Waals surface area contributed by atoms with Gasteiger partial charge in [0.2, 0.25) is 5.91 Å². The average molecular weight is 268 g/mol. The van der Waals surface area contributed by atoms with Gasteiger partial charge in [-0.25, -0.2) is 0 Å². The van der Waals surface area contributed by atoms with Gasteiger partial charge in [-0.15, -0.1) is 0 Å². The molecule has 1 amide bonds. The van der Waals surface area contributed by atoms with Crippen LogP contribution in [0, 0.1) is 0 Å². The molecule has 0 aromatic rings. The van der Waals surface area contributed by atoms with Gasteiger partial charge in [0.1, 0.15) is 0 Å². The maximum Gasteiger partial charge on any atom is 0.234 e. The molecule has 0 spiro atoms. The minimum atomic E-state index is -0.218. The lowest BCUT2D eigenvalue weighted by Gasteiger charge is -2.35. The Kier molecular flexibility index (Phi) is 5.60. The maximum atomic E-state index is 11.4. The molecule has 2 rings (SSSR count). The molecule has 1 aliphatic carbocycles. The number of primary amides is 1. The zero-order valence-corrected chi connectivity index (χ0v) is 12.1. The number of piperazine rings is 1. The molecule has 5 heteroatoms. The van der Waals surface area contributed by atoms with Gasteiger partial charge < -0.3 is 16.0 Å². The summed E-state index contributed by atoms with van der Waals surface area (Å²) in [4.78, 5) is 16.4. The third-order valence-electron chi connectivity index (χ3n) is 4.19. The summed E-state index contributed by atoms with van der Waals surface area (Å²) < 4.78 is 0. The van der Waals surface area contributed by atoms with Crippen LogP contribution in [0.1, 0.15) is 32.6 Å². The van der Waals surface area contributed by atoms with Crippen molar-refractivity contribution in [3.63, 3.8) is 0 Å². The lowest BCUT2D eigenvalue weighted by Crippen LogP contribution is -2.49. The van der Waals surface area contributed by atoms with E-state index in [9.17, 15) is 4.79 Å². The van der Waals surface area contributed by atoms with Crippen molar-refractivity contribution in [1.29, 1.82) is 0 Å². The first-order chi connectivity index (χ1) is 9.20. The fourth-order valence-corrected chi connectivity index (χ4v) is 2.77. The summed E-state index contributed by atoms with van der Waals surface area (Å²) in [5, 5.41) is 3.23. The smallest absolute Gasteiger partial charge is 0.234 e. The highest BCUT2D eigenvalue weighted by Gasteiger charge is 2.31. The van der Waals surface area contributed by atoms with Crippen molar-refractivity contribution in [1.82, 2.24) is 15.1 Å². The Labute approximate surface area is 116 Å². The summed E-state index contributed by atoms with van der Waals surface area (Å²) in [6.07, 6.45) is 4.65. The van der Waals surface area contributed by atoms with Gasteiger partial charge in [-0.2, -0.15) is 0 Å². The van der Waals surface area contributed by atoms with Gasteiger partial charge >= 0.3 is 0 Å². The maximum absolute atomic E-state index is 11.4. The molecule has 5 nitrogen and oxygen atoms in total. The van der Waals surface area contributed by atoms with Crippen LogP contribution in [0.4, 0.5) is 0 Å². The highest BCUT2D eigenvalue weighted by atomic mass is 16.1. The van der Waals surface area contributed by atoms with Crippen LogP contribution in [0.15, 0.2) is 0 Å². The van der Waals surface area contributed by atoms with E-state index in [1.54, 1.807) is 0 Å². The summed E-state index contributed by atoms with van der Waals surface area (Å²) in [6.45, 7) is 8.59. The molecule has 0 aromatic carbocycles. The van der Waals surface area contributed by atoms with Crippen molar-refractivity contribution in [2.24, 2.45) is 5.73 Å². The predicted octanol–water partition coefficient (Wildman–Crippen LogP) is 0.0100. The fourth-order valence-electron chi connectivity index (χ4n) is 2.77. The van der Waals surface area contributed by atoms with E-state index in [1.165, 1.54) is 25.9 Å². The van der Waals surface area contributed by atoms with E-state index < -0.39 is 0 Å². The third kappa shape index (κ3) is 4.75. The van der Waals surface area contributed by atoms with Gasteiger partial charge in [0.05, 0.1) is 6.04 Å². The second-order valence-corrected chi connectivity index (χ2v) is 5.81. The molecule has 1 saturated carbocycles. The van der Waals surface area contributed by atoms with Crippen molar-refractivity contribution >= 4 is 5.91 Å². The Morgan fingerprint density at radius 1 is 1.32 bits per heavy atom. The Morgan fingerprint density at radius 2 is 2.00 bits per heavy atom. The van der Waals surface area contributed by atoms with Crippen LogP contribution in [-0.4, -0.2) is 67.1 Å². The largest absolute Gasteiger partial charge is 0.368 e. The number of nitrogens with one attached hydrogen (secondary N) is 1. The van der Waals surface area contributed by atoms with Crippen LogP contribution in [-0.2, 0) is 4.79 Å². The second kappa shape index (κ2) is 7.22. The van der Waals surface area contributed by atoms with E-state index in [0.29, 0.717) is 0 Å². The first-order valence-electron chi connectivity index (χ1n) is 7.69. The average Bonchev–Trinajstić information content (AvgIpc) is 3.23. The van der Waals surface area contributed by atoms with Crippen molar-refractivity contribution < 1.29 is 4.79 Å². The Bertz CT molecular complexity index is 285. The molecule has 0 aromatic heterocycles. The number of carbonyl (C=O) groups is 1. The third-order valence-corrected chi connectivity index (χ3v) is 4.19. The number of amides is 1. The zero-order valence-electron chi connectivity index (χ0n) is 12.1. The first kappa shape index (κ1) is 14.8. The fraction of sp³-hybridized carbons (Fsp3) is 0.929. The quantitative estimate of drug-likeness (QED) is 0.651. The highest BCUT2D eigenvalue weighted by molar-refractivity contribution is 5.79. The van der Waals surface area contributed by atoms with Gasteiger partial charge in [-0.1, -0.05) is 6.92 Å². The van der Waals surface area contributed by atoms with Gasteiger partial charge in [0.25, 0.3) is 0 Å². The first-order valence-corrected chi connectivity index (χ1v) is 7.69. The van der Waals surface area contributed by atoms with Crippen LogP contribution in [0.25, 0.3) is 0 Å². The van der Waals surface area contributed by atoms with E-state index in [1.807, 2.05) is 0 Å². The Hall–Kier alpha value is -0.650. The van der Waals surface area contributed by atoms with E-state index >= 15 is 0 Å². The number of nitrogens with two attached hydrogens (primary N) is 1. The van der Waals surface area contributed by atoms with Crippen molar-refractivity contribution in [2.45, 2.75) is 44.7 Å². The zero-order chi connectivity index (χ0) is 13.7. The normalized spacial score (nSPS) is 23.4. The van der Waals surface area contributed by atoms with Gasteiger partial charge in [-0.05, 0) is 32.2 Å². The van der Waals surface area contributed by atoms with Crippen LogP contribution >= 0.6 is 0 Å². The number of hydrogen-bond acceptors (Lipinski definition) is 4. The number of hydrogen-bond donors (Lipinski definition) is 2. The molecular weight excluding hydrogens is 240 g/mol. The lowest BCUT2D eigenvalue weighted by molar-refractivity contribution is -0.120. The van der Waals surface area contributed by atoms with Crippen LogP contribution in [0.5, 0.6) is 0 Å². The van der Waals surface area contributed by atoms with Crippen molar-refractivity contribution in [2.75, 3.05) is 39.3 Å². The van der Waals surface area contributed by atoms with Gasteiger partial charge in [-0.3, -0.25) is 9.69 Å². The number of nitrogens with zero attached hydrogens (tertiary/aromatic N) is 2. The van der Waals surface area contributed by atoms with Gasteiger partial charge in [0, 0.05) is 38.8 Å². The molecule has 2 aliphatic rings. The van der Waals surface area contributed by atoms with Gasteiger partial charge in [0.15, 0.2) is 0 Å². The molecule has 2 fully saturated rings. The van der Waals surface area contributed by atoms with E-state index in [2.05, 4.69) is 22.0 Å². The van der Waals surface area contributed by atoms with Crippen molar-refractivity contribution in [3.8, 4) is 0 Å². The van der Waals surface area contributed by atoms with Crippen molar-refractivity contribution in [3.05, 3.63) is 0 Å². The van der Waals surface area contributed by atoms with Crippen LogP contribution < -0.4 is 11.1 Å². The number of carbonyl (C=O) groups excluding carboxylic acids is 1. The molecule has 1 unspecified atom stereocenters. The molecule has 0 radical (unpaired) electrons. The van der Waals surface area contributed by atoms with E-state index in [-0.39, 0.29) is 11.9 Å². The molecule has 110 valence electrons. The lowest BCUT2D eigenvalue weighted by atomic mass is 10.1. The summed E-state index contributed by atoms with van der Waals surface area (Å²) in [5.41, 5.74) is 5.43. The molecule has 1 aliphatic heterocycles. The minimum Gasteiger partial charge on any atom is -0.368 e. The van der Waals surface area contributed by atoms with E-state index in [4.69, 9.17) is 5.73 Å². The van der Waals surface area contributed by atoms with Crippen LogP contribution in [0.2, 0.25) is 0 Å². The molecule has 1 saturated heterocycles. The molecule has 0 bridgehead atoms. The van der Waals surface area contributed by atoms with E-state index in [0.717, 1.165) is 45.1 Å². The summed E-state index contributed by atoms with van der Waals surface area (Å²) >= 11 is 0. The molecule has 19 heavy (non-hydrogen) atoms. The molecular formula is C14H28N4O. The highest BCUT2D eigenvalue weighted by Crippen LogP contribution is 2.27. The standard InChI is InChI=1S/C14H28N4O/c1-2-6-16-13(14(15)19)5-7-17-8-10-18(11-9-17)12-3-4-12/h12-13,16H,2-11H2,1H3,(H2,15,19).